The highest BCUT2D eigenvalue weighted by Gasteiger charge is 2.38. The minimum atomic E-state index is -3.22. The van der Waals surface area contributed by atoms with Crippen LogP contribution in [0, 0.1) is 12.8 Å². The van der Waals surface area contributed by atoms with Crippen LogP contribution < -0.4 is 0 Å². The van der Waals surface area contributed by atoms with Crippen molar-refractivity contribution in [3.8, 4) is 0 Å². The lowest BCUT2D eigenvalue weighted by atomic mass is 9.97. The van der Waals surface area contributed by atoms with Crippen LogP contribution in [0.1, 0.15) is 49.4 Å². The summed E-state index contributed by atoms with van der Waals surface area (Å²) in [7, 11) is -3.22. The second-order valence-corrected chi connectivity index (χ2v) is 9.90. The van der Waals surface area contributed by atoms with E-state index in [2.05, 4.69) is 4.98 Å². The predicted molar refractivity (Wildman–Crippen MR) is 94.3 cm³/mol. The van der Waals surface area contributed by atoms with Crippen LogP contribution in [0.15, 0.2) is 5.38 Å². The number of aryl methyl sites for hydroxylation is 1. The second-order valence-electron chi connectivity index (χ2n) is 6.58. The first kappa shape index (κ1) is 17.8. The average Bonchev–Trinajstić information content (AvgIpc) is 3.22. The quantitative estimate of drug-likeness (QED) is 0.813. The number of aromatic nitrogens is 1. The Morgan fingerprint density at radius 3 is 2.75 bits per heavy atom. The third-order valence-electron chi connectivity index (χ3n) is 5.01. The zero-order chi connectivity index (χ0) is 17.3. The van der Waals surface area contributed by atoms with E-state index in [0.717, 1.165) is 42.9 Å². The van der Waals surface area contributed by atoms with E-state index in [4.69, 9.17) is 0 Å². The summed E-state index contributed by atoms with van der Waals surface area (Å²) in [5.41, 5.74) is 0.984. The van der Waals surface area contributed by atoms with Crippen LogP contribution in [-0.2, 0) is 14.8 Å². The van der Waals surface area contributed by atoms with E-state index in [1.807, 2.05) is 17.2 Å². The monoisotopic (exact) mass is 371 g/mol. The number of carbonyl (C=O) groups excluding carboxylic acids is 1. The molecule has 0 spiro atoms. The molecule has 0 bridgehead atoms. The Morgan fingerprint density at radius 2 is 2.08 bits per heavy atom. The Kier molecular flexibility index (Phi) is 5.27. The van der Waals surface area contributed by atoms with Gasteiger partial charge in [0, 0.05) is 25.0 Å². The summed E-state index contributed by atoms with van der Waals surface area (Å²) in [5.74, 6) is -0.0298. The van der Waals surface area contributed by atoms with Gasteiger partial charge in [0.2, 0.25) is 15.9 Å². The summed E-state index contributed by atoms with van der Waals surface area (Å²) in [5, 5.41) is 3.06. The van der Waals surface area contributed by atoms with Gasteiger partial charge >= 0.3 is 0 Å². The van der Waals surface area contributed by atoms with Gasteiger partial charge in [0.1, 0.15) is 0 Å². The molecular formula is C16H25N3O3S2. The lowest BCUT2D eigenvalue weighted by Gasteiger charge is -2.34. The van der Waals surface area contributed by atoms with Crippen LogP contribution in [0.4, 0.5) is 0 Å². The largest absolute Gasteiger partial charge is 0.334 e. The van der Waals surface area contributed by atoms with Crippen molar-refractivity contribution < 1.29 is 13.2 Å². The number of thiazole rings is 1. The van der Waals surface area contributed by atoms with Crippen molar-refractivity contribution in [2.24, 2.45) is 5.92 Å². The van der Waals surface area contributed by atoms with Crippen molar-refractivity contribution in [2.45, 2.75) is 45.6 Å². The van der Waals surface area contributed by atoms with Gasteiger partial charge in [-0.25, -0.2) is 17.7 Å². The van der Waals surface area contributed by atoms with Crippen LogP contribution in [0.2, 0.25) is 0 Å². The molecule has 1 aromatic heterocycles. The van der Waals surface area contributed by atoms with Gasteiger partial charge in [0.25, 0.3) is 0 Å². The summed E-state index contributed by atoms with van der Waals surface area (Å²) in [6, 6.07) is 0.0561. The number of sulfonamides is 1. The molecule has 1 amide bonds. The topological polar surface area (TPSA) is 70.6 Å². The number of hydrogen-bond acceptors (Lipinski definition) is 5. The summed E-state index contributed by atoms with van der Waals surface area (Å²) in [6.45, 7) is 5.24. The number of piperidine rings is 1. The molecule has 0 N–H and O–H groups in total. The number of hydrogen-bond donors (Lipinski definition) is 0. The number of nitrogens with zero attached hydrogens (tertiary/aromatic N) is 3. The number of amides is 1. The molecule has 2 aliphatic heterocycles. The van der Waals surface area contributed by atoms with Gasteiger partial charge in [-0.05, 0) is 39.5 Å². The van der Waals surface area contributed by atoms with Crippen LogP contribution >= 0.6 is 11.3 Å². The van der Waals surface area contributed by atoms with Crippen molar-refractivity contribution in [3.63, 3.8) is 0 Å². The lowest BCUT2D eigenvalue weighted by Crippen LogP contribution is -2.47. The predicted octanol–water partition coefficient (Wildman–Crippen LogP) is 2.18. The zero-order valence-electron chi connectivity index (χ0n) is 14.3. The molecule has 1 unspecified atom stereocenters. The van der Waals surface area contributed by atoms with E-state index in [0.29, 0.717) is 13.1 Å². The molecule has 24 heavy (non-hydrogen) atoms. The first-order valence-corrected chi connectivity index (χ1v) is 11.1. The van der Waals surface area contributed by atoms with Gasteiger partial charge in [0.05, 0.1) is 28.4 Å². The Morgan fingerprint density at radius 1 is 1.33 bits per heavy atom. The molecule has 2 saturated heterocycles. The molecular weight excluding hydrogens is 346 g/mol. The van der Waals surface area contributed by atoms with E-state index < -0.39 is 10.0 Å². The molecule has 2 aliphatic rings. The van der Waals surface area contributed by atoms with E-state index >= 15 is 0 Å². The van der Waals surface area contributed by atoms with Crippen molar-refractivity contribution >= 4 is 27.3 Å². The van der Waals surface area contributed by atoms with Gasteiger partial charge in [-0.15, -0.1) is 11.3 Å². The average molecular weight is 372 g/mol. The maximum atomic E-state index is 13.0. The summed E-state index contributed by atoms with van der Waals surface area (Å²) in [4.78, 5) is 19.5. The number of rotatable bonds is 4. The van der Waals surface area contributed by atoms with Crippen LogP contribution in [-0.4, -0.2) is 53.9 Å². The Hall–Kier alpha value is -0.990. The molecule has 0 radical (unpaired) electrons. The molecule has 2 atom stereocenters. The minimum Gasteiger partial charge on any atom is -0.334 e. The van der Waals surface area contributed by atoms with Crippen LogP contribution in [0.5, 0.6) is 0 Å². The Balaban J connectivity index is 1.73. The van der Waals surface area contributed by atoms with E-state index in [-0.39, 0.29) is 23.6 Å². The standard InChI is InChI=1S/C16H25N3O3S2/c1-3-24(21,22)18-8-4-6-13(10-18)16(20)19-9-5-7-15(19)14-11-23-12(2)17-14/h11,13,15H,3-10H2,1-2H3/t13?,15-/m1/s1. The summed E-state index contributed by atoms with van der Waals surface area (Å²) < 4.78 is 25.7. The fourth-order valence-electron chi connectivity index (χ4n) is 3.68. The van der Waals surface area contributed by atoms with Crippen molar-refractivity contribution in [2.75, 3.05) is 25.4 Å². The molecule has 1 aromatic rings. The Bertz CT molecular complexity index is 701. The maximum absolute atomic E-state index is 13.0. The van der Waals surface area contributed by atoms with Crippen LogP contribution in [0.25, 0.3) is 0 Å². The van der Waals surface area contributed by atoms with Crippen molar-refractivity contribution in [1.82, 2.24) is 14.2 Å². The SMILES string of the molecule is CCS(=O)(=O)N1CCCC(C(=O)N2CCC[C@@H]2c2csc(C)n2)C1. The van der Waals surface area contributed by atoms with Crippen molar-refractivity contribution in [1.29, 1.82) is 0 Å². The third kappa shape index (κ3) is 3.50. The molecule has 3 rings (SSSR count). The highest BCUT2D eigenvalue weighted by Crippen LogP contribution is 2.35. The van der Waals surface area contributed by atoms with Gasteiger partial charge in [-0.1, -0.05) is 0 Å². The molecule has 2 fully saturated rings. The van der Waals surface area contributed by atoms with Gasteiger partial charge in [0.15, 0.2) is 0 Å². The zero-order valence-corrected chi connectivity index (χ0v) is 15.9. The minimum absolute atomic E-state index is 0.0561. The normalized spacial score (nSPS) is 26.0. The first-order valence-electron chi connectivity index (χ1n) is 8.62. The third-order valence-corrected chi connectivity index (χ3v) is 7.65. The van der Waals surface area contributed by atoms with E-state index in [1.165, 1.54) is 4.31 Å². The van der Waals surface area contributed by atoms with Gasteiger partial charge in [-0.3, -0.25) is 4.79 Å². The molecule has 6 nitrogen and oxygen atoms in total. The molecule has 8 heteroatoms. The fourth-order valence-corrected chi connectivity index (χ4v) is 5.52. The second kappa shape index (κ2) is 7.09. The van der Waals surface area contributed by atoms with E-state index in [1.54, 1.807) is 18.3 Å². The van der Waals surface area contributed by atoms with Gasteiger partial charge in [-0.2, -0.15) is 0 Å². The Labute approximate surface area is 147 Å². The molecule has 0 aliphatic carbocycles. The number of carbonyl (C=O) groups is 1. The smallest absolute Gasteiger partial charge is 0.227 e. The molecule has 0 saturated carbocycles. The molecule has 0 aromatic carbocycles. The highest BCUT2D eigenvalue weighted by atomic mass is 32.2. The van der Waals surface area contributed by atoms with Crippen LogP contribution in [0.3, 0.4) is 0 Å². The highest BCUT2D eigenvalue weighted by molar-refractivity contribution is 7.89. The van der Waals surface area contributed by atoms with Crippen molar-refractivity contribution in [3.05, 3.63) is 16.1 Å². The van der Waals surface area contributed by atoms with E-state index in [9.17, 15) is 13.2 Å². The fraction of sp³-hybridized carbons (Fsp3) is 0.750. The number of likely N-dealkylation sites (tertiary alicyclic amines) is 1. The molecule has 3 heterocycles. The molecule has 134 valence electrons. The lowest BCUT2D eigenvalue weighted by molar-refractivity contribution is -0.137. The maximum Gasteiger partial charge on any atom is 0.227 e. The summed E-state index contributed by atoms with van der Waals surface area (Å²) in [6.07, 6.45) is 3.45. The first-order chi connectivity index (χ1) is 11.4. The van der Waals surface area contributed by atoms with Gasteiger partial charge < -0.3 is 4.90 Å². The summed E-state index contributed by atoms with van der Waals surface area (Å²) >= 11 is 1.61.